The van der Waals surface area contributed by atoms with E-state index >= 15 is 0 Å². The molecule has 0 aliphatic heterocycles. The van der Waals surface area contributed by atoms with E-state index in [4.69, 9.17) is 5.73 Å². The van der Waals surface area contributed by atoms with Crippen LogP contribution in [-0.4, -0.2) is 35.7 Å². The summed E-state index contributed by atoms with van der Waals surface area (Å²) in [4.78, 5) is 0.806. The number of tetrazole rings is 1. The number of nitrogen functional groups attached to an aromatic ring is 1. The number of benzene rings is 1. The molecule has 0 aliphatic carbocycles. The van der Waals surface area contributed by atoms with Crippen molar-refractivity contribution >= 4 is 27.5 Å². The van der Waals surface area contributed by atoms with Gasteiger partial charge in [-0.2, -0.15) is 0 Å². The Morgan fingerprint density at radius 3 is 2.68 bits per heavy atom. The van der Waals surface area contributed by atoms with Gasteiger partial charge in [0.05, 0.1) is 5.69 Å². The average molecular weight is 300 g/mol. The minimum Gasteiger partial charge on any atom is -0.398 e. The minimum atomic E-state index is -3.55. The van der Waals surface area contributed by atoms with Crippen molar-refractivity contribution in [3.8, 4) is 0 Å². The fraction of sp³-hybridized carbons (Fsp3) is 0.222. The van der Waals surface area contributed by atoms with Crippen LogP contribution in [0.2, 0.25) is 0 Å². The van der Waals surface area contributed by atoms with Crippen molar-refractivity contribution in [1.29, 1.82) is 0 Å². The lowest BCUT2D eigenvalue weighted by molar-refractivity contribution is 0.588. The van der Waals surface area contributed by atoms with E-state index in [0.717, 1.165) is 4.90 Å². The Kier molecular flexibility index (Phi) is 3.73. The SMILES string of the molecule is CNS(=O)(=O)c1ccc(Sc2nnnn2C)cc1N. The maximum Gasteiger partial charge on any atom is 0.242 e. The van der Waals surface area contributed by atoms with E-state index in [1.54, 1.807) is 19.2 Å². The van der Waals surface area contributed by atoms with Crippen molar-refractivity contribution < 1.29 is 8.42 Å². The Labute approximate surface area is 114 Å². The standard InChI is InChI=1S/C9H12N6O2S2/c1-11-19(16,17)8-4-3-6(5-7(8)10)18-9-12-13-14-15(9)2/h3-5,11H,10H2,1-2H3. The van der Waals surface area contributed by atoms with Gasteiger partial charge in [0.25, 0.3) is 0 Å². The third-order valence-corrected chi connectivity index (χ3v) is 4.84. The summed E-state index contributed by atoms with van der Waals surface area (Å²) in [6, 6.07) is 4.68. The van der Waals surface area contributed by atoms with Crippen LogP contribution in [-0.2, 0) is 17.1 Å². The van der Waals surface area contributed by atoms with Gasteiger partial charge in [-0.05, 0) is 47.4 Å². The number of sulfonamides is 1. The van der Waals surface area contributed by atoms with Crippen molar-refractivity contribution in [3.05, 3.63) is 18.2 Å². The second kappa shape index (κ2) is 5.15. The first-order valence-corrected chi connectivity index (χ1v) is 7.47. The summed E-state index contributed by atoms with van der Waals surface area (Å²) in [5.41, 5.74) is 5.93. The second-order valence-electron chi connectivity index (χ2n) is 3.59. The van der Waals surface area contributed by atoms with Gasteiger partial charge >= 0.3 is 0 Å². The van der Waals surface area contributed by atoms with Crippen molar-refractivity contribution in [2.75, 3.05) is 12.8 Å². The molecule has 0 amide bonds. The summed E-state index contributed by atoms with van der Waals surface area (Å²) in [5, 5.41) is 11.6. The number of nitrogens with two attached hydrogens (primary N) is 1. The predicted octanol–water partition coefficient (Wildman–Crippen LogP) is -0.148. The Morgan fingerprint density at radius 1 is 1.42 bits per heavy atom. The van der Waals surface area contributed by atoms with Gasteiger partial charge in [0.15, 0.2) is 0 Å². The van der Waals surface area contributed by atoms with E-state index in [-0.39, 0.29) is 10.6 Å². The van der Waals surface area contributed by atoms with Gasteiger partial charge in [-0.15, -0.1) is 5.10 Å². The lowest BCUT2D eigenvalue weighted by Crippen LogP contribution is -2.19. The molecule has 2 aromatic rings. The fourth-order valence-corrected chi connectivity index (χ4v) is 2.97. The molecule has 1 aromatic carbocycles. The van der Waals surface area contributed by atoms with Crippen LogP contribution in [0.25, 0.3) is 0 Å². The first-order chi connectivity index (χ1) is 8.94. The molecule has 0 spiro atoms. The molecule has 2 rings (SSSR count). The highest BCUT2D eigenvalue weighted by molar-refractivity contribution is 7.99. The van der Waals surface area contributed by atoms with Crippen molar-refractivity contribution in [1.82, 2.24) is 24.9 Å². The largest absolute Gasteiger partial charge is 0.398 e. The maximum absolute atomic E-state index is 11.7. The van der Waals surface area contributed by atoms with Crippen molar-refractivity contribution in [2.24, 2.45) is 7.05 Å². The molecule has 0 bridgehead atoms. The normalized spacial score (nSPS) is 11.7. The molecule has 0 fully saturated rings. The van der Waals surface area contributed by atoms with Gasteiger partial charge in [0.2, 0.25) is 15.2 Å². The predicted molar refractivity (Wildman–Crippen MR) is 70.0 cm³/mol. The molecule has 0 radical (unpaired) electrons. The number of aryl methyl sites for hydroxylation is 1. The Morgan fingerprint density at radius 2 is 2.16 bits per heavy atom. The van der Waals surface area contributed by atoms with Crippen LogP contribution in [0.1, 0.15) is 0 Å². The molecular weight excluding hydrogens is 288 g/mol. The molecule has 102 valence electrons. The summed E-state index contributed by atoms with van der Waals surface area (Å²) >= 11 is 1.29. The first kappa shape index (κ1) is 13.8. The number of nitrogens with one attached hydrogen (secondary N) is 1. The lowest BCUT2D eigenvalue weighted by Gasteiger charge is -2.07. The maximum atomic E-state index is 11.7. The van der Waals surface area contributed by atoms with Crippen molar-refractivity contribution in [3.63, 3.8) is 0 Å². The number of anilines is 1. The number of nitrogens with zero attached hydrogens (tertiary/aromatic N) is 4. The quantitative estimate of drug-likeness (QED) is 0.754. The monoisotopic (exact) mass is 300 g/mol. The van der Waals surface area contributed by atoms with Gasteiger partial charge < -0.3 is 5.73 Å². The Bertz CT molecular complexity index is 696. The second-order valence-corrected chi connectivity index (χ2v) is 6.49. The highest BCUT2D eigenvalue weighted by Crippen LogP contribution is 2.29. The van der Waals surface area contributed by atoms with Gasteiger partial charge in [0, 0.05) is 11.9 Å². The molecular formula is C9H12N6O2S2. The third-order valence-electron chi connectivity index (χ3n) is 2.33. The van der Waals surface area contributed by atoms with Gasteiger partial charge in [-0.3, -0.25) is 0 Å². The minimum absolute atomic E-state index is 0.0513. The molecule has 8 nitrogen and oxygen atoms in total. The zero-order valence-corrected chi connectivity index (χ0v) is 11.9. The molecule has 0 atom stereocenters. The van der Waals surface area contributed by atoms with Crippen LogP contribution in [0.4, 0.5) is 5.69 Å². The van der Waals surface area contributed by atoms with Gasteiger partial charge in [0.1, 0.15) is 4.90 Å². The van der Waals surface area contributed by atoms with E-state index in [1.807, 2.05) is 0 Å². The third kappa shape index (κ3) is 2.85. The molecule has 0 saturated carbocycles. The number of hydrogen-bond donors (Lipinski definition) is 2. The van der Waals surface area contributed by atoms with Crippen LogP contribution in [0.3, 0.4) is 0 Å². The van der Waals surface area contributed by atoms with Crippen LogP contribution >= 0.6 is 11.8 Å². The summed E-state index contributed by atoms with van der Waals surface area (Å²) < 4.78 is 27.1. The number of rotatable bonds is 4. The highest BCUT2D eigenvalue weighted by atomic mass is 32.2. The molecule has 10 heteroatoms. The van der Waals surface area contributed by atoms with Crippen LogP contribution in [0.5, 0.6) is 0 Å². The van der Waals surface area contributed by atoms with Crippen LogP contribution < -0.4 is 10.5 Å². The van der Waals surface area contributed by atoms with E-state index in [0.29, 0.717) is 5.16 Å². The topological polar surface area (TPSA) is 116 Å². The van der Waals surface area contributed by atoms with E-state index in [1.165, 1.54) is 29.6 Å². The Balaban J connectivity index is 2.32. The molecule has 0 saturated heterocycles. The molecule has 0 aliphatic rings. The van der Waals surface area contributed by atoms with Gasteiger partial charge in [-0.1, -0.05) is 0 Å². The molecule has 1 aromatic heterocycles. The first-order valence-electron chi connectivity index (χ1n) is 5.17. The van der Waals surface area contributed by atoms with E-state index in [9.17, 15) is 8.42 Å². The highest BCUT2D eigenvalue weighted by Gasteiger charge is 2.16. The van der Waals surface area contributed by atoms with E-state index in [2.05, 4.69) is 20.2 Å². The lowest BCUT2D eigenvalue weighted by atomic mass is 10.3. The zero-order chi connectivity index (χ0) is 14.0. The summed E-state index contributed by atoms with van der Waals surface area (Å²) in [6.07, 6.45) is 0. The molecule has 19 heavy (non-hydrogen) atoms. The number of hydrogen-bond acceptors (Lipinski definition) is 7. The average Bonchev–Trinajstić information content (AvgIpc) is 2.75. The van der Waals surface area contributed by atoms with E-state index < -0.39 is 10.0 Å². The fourth-order valence-electron chi connectivity index (χ4n) is 1.36. The number of aromatic nitrogens is 4. The van der Waals surface area contributed by atoms with Crippen LogP contribution in [0, 0.1) is 0 Å². The van der Waals surface area contributed by atoms with Crippen molar-refractivity contribution in [2.45, 2.75) is 14.9 Å². The van der Waals surface area contributed by atoms with Crippen LogP contribution in [0.15, 0.2) is 33.1 Å². The molecule has 0 unspecified atom stereocenters. The summed E-state index contributed by atoms with van der Waals surface area (Å²) in [7, 11) is -0.496. The zero-order valence-electron chi connectivity index (χ0n) is 10.2. The summed E-state index contributed by atoms with van der Waals surface area (Å²) in [5.74, 6) is 0. The molecule has 1 heterocycles. The Hall–Kier alpha value is -1.65. The van der Waals surface area contributed by atoms with Gasteiger partial charge in [-0.25, -0.2) is 17.8 Å². The summed E-state index contributed by atoms with van der Waals surface area (Å²) in [6.45, 7) is 0. The molecule has 3 N–H and O–H groups in total. The smallest absolute Gasteiger partial charge is 0.242 e.